The van der Waals surface area contributed by atoms with Crippen molar-refractivity contribution in [2.24, 2.45) is 0 Å². The van der Waals surface area contributed by atoms with Crippen LogP contribution in [0.15, 0.2) is 47.4 Å². The highest BCUT2D eigenvalue weighted by Gasteiger charge is 2.23. The van der Waals surface area contributed by atoms with Gasteiger partial charge in [-0.1, -0.05) is 12.8 Å². The van der Waals surface area contributed by atoms with E-state index in [0.717, 1.165) is 25.7 Å². The Balaban J connectivity index is 1.44. The highest BCUT2D eigenvalue weighted by atomic mass is 32.2. The molecule has 0 spiro atoms. The molecule has 0 aromatic heterocycles. The second-order valence-corrected chi connectivity index (χ2v) is 8.36. The number of anilines is 1. The number of rotatable bonds is 5. The number of hydrogen-bond donors (Lipinski definition) is 2. The van der Waals surface area contributed by atoms with Gasteiger partial charge in [0, 0.05) is 23.4 Å². The molecular weight excluding hydrogens is 368 g/mol. The van der Waals surface area contributed by atoms with E-state index in [9.17, 15) is 13.2 Å². The third-order valence-electron chi connectivity index (χ3n) is 4.73. The SMILES string of the molecule is O=C(Nc1ccc2c(c1)OCO2)c1ccc(S(=O)(=O)NC2CCCC2)cc1. The summed E-state index contributed by atoms with van der Waals surface area (Å²) in [6.45, 7) is 0.164. The average molecular weight is 388 g/mol. The van der Waals surface area contributed by atoms with Crippen LogP contribution in [0.5, 0.6) is 11.5 Å². The minimum absolute atomic E-state index is 0.00369. The highest BCUT2D eigenvalue weighted by Crippen LogP contribution is 2.34. The van der Waals surface area contributed by atoms with Crippen molar-refractivity contribution in [1.29, 1.82) is 0 Å². The molecule has 2 aliphatic rings. The molecule has 1 aliphatic carbocycles. The Morgan fingerprint density at radius 3 is 2.41 bits per heavy atom. The highest BCUT2D eigenvalue weighted by molar-refractivity contribution is 7.89. The van der Waals surface area contributed by atoms with Crippen molar-refractivity contribution in [3.63, 3.8) is 0 Å². The molecule has 2 aromatic carbocycles. The number of ether oxygens (including phenoxy) is 2. The van der Waals surface area contributed by atoms with Gasteiger partial charge in [-0.2, -0.15) is 0 Å². The molecule has 1 saturated carbocycles. The summed E-state index contributed by atoms with van der Waals surface area (Å²) in [5, 5.41) is 2.77. The van der Waals surface area contributed by atoms with Gasteiger partial charge in [-0.05, 0) is 49.2 Å². The molecule has 0 unspecified atom stereocenters. The Labute approximate surface area is 157 Å². The summed E-state index contributed by atoms with van der Waals surface area (Å²) < 4.78 is 38.1. The largest absolute Gasteiger partial charge is 0.454 e. The molecule has 7 nitrogen and oxygen atoms in total. The maximum Gasteiger partial charge on any atom is 0.255 e. The molecule has 2 N–H and O–H groups in total. The molecule has 27 heavy (non-hydrogen) atoms. The maximum absolute atomic E-state index is 12.4. The first-order chi connectivity index (χ1) is 13.0. The second kappa shape index (κ2) is 7.21. The molecule has 142 valence electrons. The minimum Gasteiger partial charge on any atom is -0.454 e. The van der Waals surface area contributed by atoms with Crippen LogP contribution in [0.3, 0.4) is 0 Å². The van der Waals surface area contributed by atoms with Gasteiger partial charge in [-0.3, -0.25) is 4.79 Å². The van der Waals surface area contributed by atoms with Crippen LogP contribution in [0.4, 0.5) is 5.69 Å². The van der Waals surface area contributed by atoms with Crippen LogP contribution in [0, 0.1) is 0 Å². The lowest BCUT2D eigenvalue weighted by Crippen LogP contribution is -2.32. The normalized spacial score (nSPS) is 16.4. The van der Waals surface area contributed by atoms with E-state index >= 15 is 0 Å². The van der Waals surface area contributed by atoms with Crippen molar-refractivity contribution >= 4 is 21.6 Å². The van der Waals surface area contributed by atoms with Gasteiger partial charge in [-0.25, -0.2) is 13.1 Å². The van der Waals surface area contributed by atoms with E-state index in [4.69, 9.17) is 9.47 Å². The first-order valence-electron chi connectivity index (χ1n) is 8.85. The van der Waals surface area contributed by atoms with E-state index in [1.54, 1.807) is 18.2 Å². The van der Waals surface area contributed by atoms with Gasteiger partial charge < -0.3 is 14.8 Å². The van der Waals surface area contributed by atoms with Gasteiger partial charge in [0.2, 0.25) is 16.8 Å². The standard InChI is InChI=1S/C19H20N2O5S/c22-19(20-15-7-10-17-18(11-15)26-12-25-17)13-5-8-16(9-6-13)27(23,24)21-14-3-1-2-4-14/h5-11,14,21H,1-4,12H2,(H,20,22). The summed E-state index contributed by atoms with van der Waals surface area (Å²) in [7, 11) is -3.56. The van der Waals surface area contributed by atoms with Crippen LogP contribution >= 0.6 is 0 Å². The van der Waals surface area contributed by atoms with Crippen molar-refractivity contribution in [3.05, 3.63) is 48.0 Å². The molecule has 8 heteroatoms. The lowest BCUT2D eigenvalue weighted by atomic mass is 10.2. The van der Waals surface area contributed by atoms with Crippen LogP contribution in [0.25, 0.3) is 0 Å². The summed E-state index contributed by atoms with van der Waals surface area (Å²) in [6, 6.07) is 11.0. The summed E-state index contributed by atoms with van der Waals surface area (Å²) in [5.41, 5.74) is 0.941. The van der Waals surface area contributed by atoms with Gasteiger partial charge in [0.1, 0.15) is 0 Å². The van der Waals surface area contributed by atoms with E-state index in [-0.39, 0.29) is 23.6 Å². The molecule has 1 fully saturated rings. The van der Waals surface area contributed by atoms with Crippen LogP contribution < -0.4 is 19.5 Å². The van der Waals surface area contributed by atoms with Gasteiger partial charge in [0.25, 0.3) is 5.91 Å². The van der Waals surface area contributed by atoms with E-state index in [2.05, 4.69) is 10.0 Å². The number of carbonyl (C=O) groups excluding carboxylic acids is 1. The van der Waals surface area contributed by atoms with Crippen molar-refractivity contribution in [2.45, 2.75) is 36.6 Å². The fourth-order valence-electron chi connectivity index (χ4n) is 3.29. The fourth-order valence-corrected chi connectivity index (χ4v) is 4.60. The molecule has 0 bridgehead atoms. The second-order valence-electron chi connectivity index (χ2n) is 6.65. The van der Waals surface area contributed by atoms with E-state index < -0.39 is 10.0 Å². The van der Waals surface area contributed by atoms with E-state index in [0.29, 0.717) is 22.7 Å². The number of benzene rings is 2. The zero-order chi connectivity index (χ0) is 18.9. The number of carbonyl (C=O) groups is 1. The molecule has 4 rings (SSSR count). The molecule has 0 atom stereocenters. The summed E-state index contributed by atoms with van der Waals surface area (Å²) >= 11 is 0. The third kappa shape index (κ3) is 3.91. The van der Waals surface area contributed by atoms with E-state index in [1.807, 2.05) is 0 Å². The zero-order valence-electron chi connectivity index (χ0n) is 14.6. The zero-order valence-corrected chi connectivity index (χ0v) is 15.4. The lowest BCUT2D eigenvalue weighted by Gasteiger charge is -2.13. The average Bonchev–Trinajstić information content (AvgIpc) is 3.32. The Hall–Kier alpha value is -2.58. The number of amides is 1. The van der Waals surface area contributed by atoms with Crippen LogP contribution in [0.2, 0.25) is 0 Å². The topological polar surface area (TPSA) is 93.7 Å². The third-order valence-corrected chi connectivity index (χ3v) is 6.27. The monoisotopic (exact) mass is 388 g/mol. The van der Waals surface area contributed by atoms with Crippen LogP contribution in [0.1, 0.15) is 36.0 Å². The molecule has 0 radical (unpaired) electrons. The number of fused-ring (bicyclic) bond motifs is 1. The predicted octanol–water partition coefficient (Wildman–Crippen LogP) is 2.89. The number of nitrogens with one attached hydrogen (secondary N) is 2. The Kier molecular flexibility index (Phi) is 4.75. The smallest absolute Gasteiger partial charge is 0.255 e. The predicted molar refractivity (Wildman–Crippen MR) is 99.5 cm³/mol. The van der Waals surface area contributed by atoms with Gasteiger partial charge >= 0.3 is 0 Å². The van der Waals surface area contributed by atoms with Crippen molar-refractivity contribution in [3.8, 4) is 11.5 Å². The van der Waals surface area contributed by atoms with Gasteiger partial charge in [-0.15, -0.1) is 0 Å². The number of sulfonamides is 1. The molecule has 0 saturated heterocycles. The van der Waals surface area contributed by atoms with Crippen LogP contribution in [-0.4, -0.2) is 27.2 Å². The van der Waals surface area contributed by atoms with Gasteiger partial charge in [0.15, 0.2) is 11.5 Å². The van der Waals surface area contributed by atoms with Gasteiger partial charge in [0.05, 0.1) is 4.90 Å². The maximum atomic E-state index is 12.4. The summed E-state index contributed by atoms with van der Waals surface area (Å²) in [6.07, 6.45) is 3.84. The Morgan fingerprint density at radius 2 is 1.67 bits per heavy atom. The summed E-state index contributed by atoms with van der Waals surface area (Å²) in [4.78, 5) is 12.6. The van der Waals surface area contributed by atoms with Crippen molar-refractivity contribution in [1.82, 2.24) is 4.72 Å². The molecule has 2 aromatic rings. The fraction of sp³-hybridized carbons (Fsp3) is 0.316. The number of hydrogen-bond acceptors (Lipinski definition) is 5. The quantitative estimate of drug-likeness (QED) is 0.821. The minimum atomic E-state index is -3.56. The first-order valence-corrected chi connectivity index (χ1v) is 10.3. The van der Waals surface area contributed by atoms with Crippen molar-refractivity contribution < 1.29 is 22.7 Å². The molecule has 1 aliphatic heterocycles. The Morgan fingerprint density at radius 1 is 0.963 bits per heavy atom. The molecule has 1 heterocycles. The Bertz CT molecular complexity index is 951. The molecular formula is C19H20N2O5S. The van der Waals surface area contributed by atoms with Crippen LogP contribution in [-0.2, 0) is 10.0 Å². The first kappa shape index (κ1) is 17.8. The summed E-state index contributed by atoms with van der Waals surface area (Å²) in [5.74, 6) is 0.881. The molecule has 1 amide bonds. The van der Waals surface area contributed by atoms with E-state index in [1.165, 1.54) is 24.3 Å². The lowest BCUT2D eigenvalue weighted by molar-refractivity contribution is 0.102. The van der Waals surface area contributed by atoms with Crippen molar-refractivity contribution in [2.75, 3.05) is 12.1 Å².